The molecule has 0 aliphatic carbocycles. The molecular formula is C15H31N5O. The average Bonchev–Trinajstić information content (AvgIpc) is 2.79. The molecule has 6 heteroatoms. The van der Waals surface area contributed by atoms with Crippen LogP contribution >= 0.6 is 0 Å². The number of nitrogens with one attached hydrogen (secondary N) is 1. The lowest BCUT2D eigenvalue weighted by molar-refractivity contribution is -0.133. The molecule has 21 heavy (non-hydrogen) atoms. The molecule has 1 unspecified atom stereocenters. The highest BCUT2D eigenvalue weighted by molar-refractivity contribution is 5.81. The molecule has 0 aromatic carbocycles. The Morgan fingerprint density at radius 1 is 1.43 bits per heavy atom. The number of guanidine groups is 1. The molecule has 122 valence electrons. The van der Waals surface area contributed by atoms with Crippen LogP contribution in [0.2, 0.25) is 0 Å². The van der Waals surface area contributed by atoms with Gasteiger partial charge >= 0.3 is 0 Å². The molecule has 0 bridgehead atoms. The van der Waals surface area contributed by atoms with Gasteiger partial charge in [0.2, 0.25) is 5.91 Å². The second-order valence-corrected chi connectivity index (χ2v) is 6.92. The minimum atomic E-state index is -0.0637. The van der Waals surface area contributed by atoms with Crippen LogP contribution in [0.15, 0.2) is 4.99 Å². The maximum Gasteiger partial charge on any atom is 0.239 e. The van der Waals surface area contributed by atoms with Crippen molar-refractivity contribution < 1.29 is 4.79 Å². The Labute approximate surface area is 128 Å². The van der Waals surface area contributed by atoms with Crippen molar-refractivity contribution in [2.24, 2.45) is 10.7 Å². The number of likely N-dealkylation sites (N-methyl/N-ethyl adjacent to an activating group) is 1. The molecule has 0 radical (unpaired) electrons. The van der Waals surface area contributed by atoms with Crippen LogP contribution in [-0.2, 0) is 4.79 Å². The predicted molar refractivity (Wildman–Crippen MR) is 87.3 cm³/mol. The highest BCUT2D eigenvalue weighted by atomic mass is 16.2. The summed E-state index contributed by atoms with van der Waals surface area (Å²) in [4.78, 5) is 20.4. The Kier molecular flexibility index (Phi) is 6.45. The van der Waals surface area contributed by atoms with E-state index in [2.05, 4.69) is 36.0 Å². The van der Waals surface area contributed by atoms with E-state index in [0.29, 0.717) is 12.5 Å². The van der Waals surface area contributed by atoms with Crippen molar-refractivity contribution in [3.05, 3.63) is 0 Å². The molecule has 0 saturated carbocycles. The van der Waals surface area contributed by atoms with Gasteiger partial charge in [0.25, 0.3) is 0 Å². The van der Waals surface area contributed by atoms with Crippen molar-refractivity contribution in [3.63, 3.8) is 0 Å². The van der Waals surface area contributed by atoms with Gasteiger partial charge in [0.05, 0.1) is 6.04 Å². The number of hydrogen-bond donors (Lipinski definition) is 2. The SMILES string of the molecule is CN(C)C(=O)C1CCCN1CCCN=C(N)NC(C)(C)C. The number of aliphatic imine (C=N–C) groups is 1. The molecular weight excluding hydrogens is 266 g/mol. The monoisotopic (exact) mass is 297 g/mol. The normalized spacial score (nSPS) is 20.6. The zero-order valence-electron chi connectivity index (χ0n) is 14.1. The fourth-order valence-electron chi connectivity index (χ4n) is 2.57. The first-order valence-electron chi connectivity index (χ1n) is 7.74. The highest BCUT2D eigenvalue weighted by Crippen LogP contribution is 2.18. The number of rotatable bonds is 5. The van der Waals surface area contributed by atoms with Gasteiger partial charge in [-0.2, -0.15) is 0 Å². The summed E-state index contributed by atoms with van der Waals surface area (Å²) in [6.07, 6.45) is 2.99. The van der Waals surface area contributed by atoms with Gasteiger partial charge in [-0.1, -0.05) is 0 Å². The van der Waals surface area contributed by atoms with Crippen LogP contribution < -0.4 is 11.1 Å². The summed E-state index contributed by atoms with van der Waals surface area (Å²) in [7, 11) is 3.64. The van der Waals surface area contributed by atoms with Crippen LogP contribution in [0, 0.1) is 0 Å². The summed E-state index contributed by atoms with van der Waals surface area (Å²) in [5.41, 5.74) is 5.77. The second-order valence-electron chi connectivity index (χ2n) is 6.92. The first-order chi connectivity index (χ1) is 9.70. The number of carbonyl (C=O) groups is 1. The number of hydrogen-bond acceptors (Lipinski definition) is 3. The summed E-state index contributed by atoms with van der Waals surface area (Å²) in [5.74, 6) is 0.703. The quantitative estimate of drug-likeness (QED) is 0.443. The van der Waals surface area contributed by atoms with Crippen molar-refractivity contribution >= 4 is 11.9 Å². The Hall–Kier alpha value is -1.30. The Morgan fingerprint density at radius 3 is 2.67 bits per heavy atom. The molecule has 0 spiro atoms. The van der Waals surface area contributed by atoms with E-state index in [4.69, 9.17) is 5.73 Å². The molecule has 1 saturated heterocycles. The van der Waals surface area contributed by atoms with Gasteiger partial charge in [-0.25, -0.2) is 0 Å². The first kappa shape index (κ1) is 17.8. The third-order valence-corrected chi connectivity index (χ3v) is 3.48. The van der Waals surface area contributed by atoms with Gasteiger partial charge in [0.15, 0.2) is 5.96 Å². The molecule has 0 aromatic heterocycles. The summed E-state index contributed by atoms with van der Waals surface area (Å²) in [6, 6.07) is 0.0500. The third-order valence-electron chi connectivity index (χ3n) is 3.48. The number of likely N-dealkylation sites (tertiary alicyclic amines) is 1. The van der Waals surface area contributed by atoms with E-state index in [1.807, 2.05) is 14.1 Å². The van der Waals surface area contributed by atoms with Crippen molar-refractivity contribution in [2.45, 2.75) is 51.6 Å². The van der Waals surface area contributed by atoms with Crippen molar-refractivity contribution in [1.29, 1.82) is 0 Å². The highest BCUT2D eigenvalue weighted by Gasteiger charge is 2.30. The molecule has 1 amide bonds. The zero-order chi connectivity index (χ0) is 16.0. The lowest BCUT2D eigenvalue weighted by Crippen LogP contribution is -2.45. The van der Waals surface area contributed by atoms with E-state index in [0.717, 1.165) is 32.4 Å². The number of carbonyl (C=O) groups excluding carboxylic acids is 1. The van der Waals surface area contributed by atoms with Crippen LogP contribution in [0.25, 0.3) is 0 Å². The van der Waals surface area contributed by atoms with Crippen LogP contribution in [0.3, 0.4) is 0 Å². The van der Waals surface area contributed by atoms with Crippen LogP contribution in [0.5, 0.6) is 0 Å². The Bertz CT molecular complexity index is 373. The van der Waals surface area contributed by atoms with Crippen molar-refractivity contribution in [2.75, 3.05) is 33.7 Å². The number of nitrogens with two attached hydrogens (primary N) is 1. The predicted octanol–water partition coefficient (Wildman–Crippen LogP) is 0.632. The van der Waals surface area contributed by atoms with E-state index in [1.54, 1.807) is 4.90 Å². The van der Waals surface area contributed by atoms with Gasteiger partial charge in [-0.15, -0.1) is 0 Å². The Morgan fingerprint density at radius 2 is 2.10 bits per heavy atom. The molecule has 1 aliphatic rings. The molecule has 3 N–H and O–H groups in total. The summed E-state index contributed by atoms with van der Waals surface area (Å²) >= 11 is 0. The molecule has 1 rings (SSSR count). The average molecular weight is 297 g/mol. The maximum absolute atomic E-state index is 12.1. The minimum Gasteiger partial charge on any atom is -0.370 e. The molecule has 1 heterocycles. The molecule has 0 aromatic rings. The molecule has 1 atom stereocenters. The fourth-order valence-corrected chi connectivity index (χ4v) is 2.57. The van der Waals surface area contributed by atoms with Crippen LogP contribution in [0.1, 0.15) is 40.0 Å². The van der Waals surface area contributed by atoms with Gasteiger partial charge in [0, 0.05) is 32.7 Å². The van der Waals surface area contributed by atoms with E-state index in [-0.39, 0.29) is 17.5 Å². The fraction of sp³-hybridized carbons (Fsp3) is 0.867. The second kappa shape index (κ2) is 7.64. The van der Waals surface area contributed by atoms with Gasteiger partial charge in [-0.05, 0) is 46.6 Å². The van der Waals surface area contributed by atoms with Crippen molar-refractivity contribution in [1.82, 2.24) is 15.1 Å². The van der Waals surface area contributed by atoms with E-state index in [1.165, 1.54) is 0 Å². The number of nitrogens with zero attached hydrogens (tertiary/aromatic N) is 3. The largest absolute Gasteiger partial charge is 0.370 e. The standard InChI is InChI=1S/C15H31N5O/c1-15(2,3)18-14(16)17-9-7-11-20-10-6-8-12(20)13(21)19(4)5/h12H,6-11H2,1-5H3,(H3,16,17,18). The topological polar surface area (TPSA) is 74.0 Å². The first-order valence-corrected chi connectivity index (χ1v) is 7.74. The molecule has 1 fully saturated rings. The van der Waals surface area contributed by atoms with Gasteiger partial charge in [0.1, 0.15) is 0 Å². The third kappa shape index (κ3) is 6.33. The lowest BCUT2D eigenvalue weighted by Gasteiger charge is -2.25. The van der Waals surface area contributed by atoms with Gasteiger partial charge < -0.3 is 16.0 Å². The minimum absolute atomic E-state index is 0.0500. The number of amides is 1. The smallest absolute Gasteiger partial charge is 0.239 e. The van der Waals surface area contributed by atoms with Crippen LogP contribution in [0.4, 0.5) is 0 Å². The zero-order valence-corrected chi connectivity index (χ0v) is 14.1. The lowest BCUT2D eigenvalue weighted by atomic mass is 10.1. The molecule has 1 aliphatic heterocycles. The summed E-state index contributed by atoms with van der Waals surface area (Å²) in [6.45, 7) is 8.75. The maximum atomic E-state index is 12.1. The Balaban J connectivity index is 2.35. The van der Waals surface area contributed by atoms with E-state index < -0.39 is 0 Å². The van der Waals surface area contributed by atoms with Gasteiger partial charge in [-0.3, -0.25) is 14.7 Å². The van der Waals surface area contributed by atoms with E-state index >= 15 is 0 Å². The van der Waals surface area contributed by atoms with E-state index in [9.17, 15) is 4.79 Å². The summed E-state index contributed by atoms with van der Waals surface area (Å²) in [5, 5.41) is 3.14. The van der Waals surface area contributed by atoms with Crippen LogP contribution in [-0.4, -0.2) is 67.0 Å². The summed E-state index contributed by atoms with van der Waals surface area (Å²) < 4.78 is 0. The molecule has 6 nitrogen and oxygen atoms in total. The van der Waals surface area contributed by atoms with Crippen molar-refractivity contribution in [3.8, 4) is 0 Å².